The van der Waals surface area contributed by atoms with Gasteiger partial charge in [-0.1, -0.05) is 30.3 Å². The van der Waals surface area contributed by atoms with Crippen LogP contribution in [0.3, 0.4) is 0 Å². The number of primary amides is 1. The molecule has 0 aliphatic carbocycles. The number of aromatic amines is 1. The minimum Gasteiger partial charge on any atom is -0.368 e. The molecule has 8 nitrogen and oxygen atoms in total. The quantitative estimate of drug-likeness (QED) is 0.630. The topological polar surface area (TPSA) is 116 Å². The van der Waals surface area contributed by atoms with Gasteiger partial charge >= 0.3 is 0 Å². The van der Waals surface area contributed by atoms with Crippen LogP contribution in [0.15, 0.2) is 59.7 Å². The van der Waals surface area contributed by atoms with Crippen molar-refractivity contribution in [2.45, 2.75) is 25.4 Å². The molecular formula is C20H20N6O2. The number of benzene rings is 2. The van der Waals surface area contributed by atoms with E-state index in [9.17, 15) is 9.59 Å². The Balaban J connectivity index is 1.53. The van der Waals surface area contributed by atoms with Crippen LogP contribution in [0.4, 0.5) is 5.69 Å². The van der Waals surface area contributed by atoms with Crippen LogP contribution in [0.25, 0.3) is 11.0 Å². The van der Waals surface area contributed by atoms with Gasteiger partial charge in [-0.05, 0) is 31.2 Å². The third-order valence-corrected chi connectivity index (χ3v) is 4.69. The van der Waals surface area contributed by atoms with Crippen molar-refractivity contribution in [1.82, 2.24) is 15.3 Å². The van der Waals surface area contributed by atoms with E-state index in [0.29, 0.717) is 11.5 Å². The molecule has 1 aliphatic rings. The number of fused-ring (bicyclic) bond motifs is 1. The molecular weight excluding hydrogens is 356 g/mol. The van der Waals surface area contributed by atoms with Gasteiger partial charge in [0.25, 0.3) is 5.91 Å². The molecule has 2 heterocycles. The Morgan fingerprint density at radius 3 is 2.61 bits per heavy atom. The molecule has 1 aliphatic heterocycles. The van der Waals surface area contributed by atoms with Crippen molar-refractivity contribution in [3.63, 3.8) is 0 Å². The average molecular weight is 376 g/mol. The summed E-state index contributed by atoms with van der Waals surface area (Å²) in [6, 6.07) is 15.8. The van der Waals surface area contributed by atoms with Crippen LogP contribution < -0.4 is 16.1 Å². The fourth-order valence-electron chi connectivity index (χ4n) is 3.21. The Kier molecular flexibility index (Phi) is 4.52. The van der Waals surface area contributed by atoms with E-state index >= 15 is 0 Å². The highest BCUT2D eigenvalue weighted by atomic mass is 16.2. The van der Waals surface area contributed by atoms with E-state index in [1.54, 1.807) is 0 Å². The molecule has 8 heteroatoms. The zero-order valence-electron chi connectivity index (χ0n) is 15.3. The maximum absolute atomic E-state index is 12.7. The number of carbonyl (C=O) groups excluding carboxylic acids is 2. The Morgan fingerprint density at radius 1 is 1.18 bits per heavy atom. The number of rotatable bonds is 5. The smallest absolute Gasteiger partial charge is 0.268 e. The number of amides is 2. The van der Waals surface area contributed by atoms with Crippen LogP contribution in [-0.2, 0) is 9.59 Å². The van der Waals surface area contributed by atoms with Crippen molar-refractivity contribution in [2.75, 3.05) is 5.01 Å². The maximum Gasteiger partial charge on any atom is 0.268 e. The summed E-state index contributed by atoms with van der Waals surface area (Å²) in [4.78, 5) is 32.3. The Morgan fingerprint density at radius 2 is 1.89 bits per heavy atom. The molecule has 0 spiro atoms. The first-order valence-electron chi connectivity index (χ1n) is 8.99. The minimum atomic E-state index is -0.690. The lowest BCUT2D eigenvalue weighted by Crippen LogP contribution is -2.40. The number of nitrogens with zero attached hydrogens (tertiary/aromatic N) is 3. The highest BCUT2D eigenvalue weighted by molar-refractivity contribution is 6.40. The van der Waals surface area contributed by atoms with Gasteiger partial charge in [0.2, 0.25) is 5.91 Å². The van der Waals surface area contributed by atoms with E-state index in [0.717, 1.165) is 11.0 Å². The van der Waals surface area contributed by atoms with Crippen LogP contribution in [0, 0.1) is 0 Å². The lowest BCUT2D eigenvalue weighted by Gasteiger charge is -2.20. The molecule has 0 saturated carbocycles. The third kappa shape index (κ3) is 3.32. The third-order valence-electron chi connectivity index (χ3n) is 4.69. The molecule has 0 saturated heterocycles. The number of hydrogen-bond donors (Lipinski definition) is 3. The molecule has 2 atom stereocenters. The van der Waals surface area contributed by atoms with E-state index in [1.165, 1.54) is 5.01 Å². The van der Waals surface area contributed by atoms with Crippen molar-refractivity contribution < 1.29 is 9.59 Å². The first-order valence-corrected chi connectivity index (χ1v) is 8.99. The standard InChI is InChI=1S/C20H20N6O2/c1-12(19-23-14-9-5-6-10-15(14)24-19)22-20(28)16-11-17(18(21)27)26(25-16)13-7-3-2-4-8-13/h2-10,12,17H,11H2,1H3,(H2,21,27)(H,22,28)(H,23,24). The van der Waals surface area contributed by atoms with Crippen LogP contribution in [0.5, 0.6) is 0 Å². The molecule has 2 unspecified atom stereocenters. The number of aromatic nitrogens is 2. The van der Waals surface area contributed by atoms with Crippen molar-refractivity contribution in [3.05, 3.63) is 60.4 Å². The van der Waals surface area contributed by atoms with Crippen LogP contribution in [0.2, 0.25) is 0 Å². The van der Waals surface area contributed by atoms with Crippen molar-refractivity contribution in [2.24, 2.45) is 10.8 Å². The summed E-state index contributed by atoms with van der Waals surface area (Å²) in [7, 11) is 0. The predicted octanol–water partition coefficient (Wildman–Crippen LogP) is 1.86. The normalized spacial score (nSPS) is 17.4. The van der Waals surface area contributed by atoms with Gasteiger partial charge in [-0.25, -0.2) is 4.98 Å². The highest BCUT2D eigenvalue weighted by Gasteiger charge is 2.35. The Hall–Kier alpha value is -3.68. The molecule has 4 rings (SSSR count). The molecule has 0 radical (unpaired) electrons. The monoisotopic (exact) mass is 376 g/mol. The van der Waals surface area contributed by atoms with Crippen LogP contribution >= 0.6 is 0 Å². The zero-order valence-corrected chi connectivity index (χ0v) is 15.3. The minimum absolute atomic E-state index is 0.156. The van der Waals surface area contributed by atoms with E-state index in [2.05, 4.69) is 20.4 Å². The van der Waals surface area contributed by atoms with Gasteiger partial charge in [-0.3, -0.25) is 14.6 Å². The fourth-order valence-corrected chi connectivity index (χ4v) is 3.21. The number of imidazole rings is 1. The summed E-state index contributed by atoms with van der Waals surface area (Å²) in [6.45, 7) is 1.84. The summed E-state index contributed by atoms with van der Waals surface area (Å²) in [6.07, 6.45) is 0.156. The summed E-state index contributed by atoms with van der Waals surface area (Å²) >= 11 is 0. The van der Waals surface area contributed by atoms with Gasteiger partial charge in [0, 0.05) is 6.42 Å². The molecule has 3 aromatic rings. The SMILES string of the molecule is CC(NC(=O)C1=NN(c2ccccc2)C(C(N)=O)C1)c1nc2ccccc2[nH]1. The predicted molar refractivity (Wildman–Crippen MR) is 107 cm³/mol. The number of hydrogen-bond acceptors (Lipinski definition) is 5. The summed E-state index contributed by atoms with van der Waals surface area (Å²) < 4.78 is 0. The van der Waals surface area contributed by atoms with Gasteiger partial charge < -0.3 is 16.0 Å². The van der Waals surface area contributed by atoms with Crippen LogP contribution in [-0.4, -0.2) is 33.5 Å². The first-order chi connectivity index (χ1) is 13.5. The number of nitrogens with two attached hydrogens (primary N) is 1. The molecule has 142 valence electrons. The van der Waals surface area contributed by atoms with Gasteiger partial charge in [-0.15, -0.1) is 0 Å². The number of anilines is 1. The maximum atomic E-state index is 12.7. The van der Waals surface area contributed by atoms with Gasteiger partial charge in [0.1, 0.15) is 17.6 Å². The summed E-state index contributed by atoms with van der Waals surface area (Å²) in [5.41, 5.74) is 8.23. The van der Waals surface area contributed by atoms with E-state index in [1.807, 2.05) is 61.5 Å². The lowest BCUT2D eigenvalue weighted by atomic mass is 10.1. The molecule has 4 N–H and O–H groups in total. The molecule has 1 aromatic heterocycles. The number of para-hydroxylation sites is 3. The van der Waals surface area contributed by atoms with Crippen molar-refractivity contribution >= 4 is 34.2 Å². The van der Waals surface area contributed by atoms with Gasteiger partial charge in [-0.2, -0.15) is 5.10 Å². The summed E-state index contributed by atoms with van der Waals surface area (Å²) in [5, 5.41) is 8.75. The molecule has 0 bridgehead atoms. The second-order valence-corrected chi connectivity index (χ2v) is 6.68. The zero-order chi connectivity index (χ0) is 19.7. The second kappa shape index (κ2) is 7.15. The fraction of sp³-hybridized carbons (Fsp3) is 0.200. The summed E-state index contributed by atoms with van der Waals surface area (Å²) in [5.74, 6) is -0.224. The molecule has 2 aromatic carbocycles. The molecule has 0 fully saturated rings. The number of carbonyl (C=O) groups is 2. The highest BCUT2D eigenvalue weighted by Crippen LogP contribution is 2.24. The van der Waals surface area contributed by atoms with Gasteiger partial charge in [0.05, 0.1) is 22.8 Å². The van der Waals surface area contributed by atoms with Crippen molar-refractivity contribution in [3.8, 4) is 0 Å². The van der Waals surface area contributed by atoms with Crippen molar-refractivity contribution in [1.29, 1.82) is 0 Å². The van der Waals surface area contributed by atoms with Gasteiger partial charge in [0.15, 0.2) is 0 Å². The van der Waals surface area contributed by atoms with E-state index in [4.69, 9.17) is 5.73 Å². The average Bonchev–Trinajstić information content (AvgIpc) is 3.33. The molecule has 2 amide bonds. The number of hydrazone groups is 1. The van der Waals surface area contributed by atoms with Crippen LogP contribution in [0.1, 0.15) is 25.2 Å². The Bertz CT molecular complexity index is 1030. The lowest BCUT2D eigenvalue weighted by molar-refractivity contribution is -0.119. The Labute approximate surface area is 161 Å². The number of H-pyrrole nitrogens is 1. The van der Waals surface area contributed by atoms with E-state index < -0.39 is 11.9 Å². The molecule has 28 heavy (non-hydrogen) atoms. The first kappa shape index (κ1) is 17.7. The second-order valence-electron chi connectivity index (χ2n) is 6.68. The largest absolute Gasteiger partial charge is 0.368 e. The van der Waals surface area contributed by atoms with E-state index in [-0.39, 0.29) is 24.1 Å². The number of nitrogens with one attached hydrogen (secondary N) is 2.